The van der Waals surface area contributed by atoms with Gasteiger partial charge < -0.3 is 5.32 Å². The second-order valence-electron chi connectivity index (χ2n) is 5.56. The summed E-state index contributed by atoms with van der Waals surface area (Å²) in [6, 6.07) is 8.67. The molecule has 1 aromatic carbocycles. The van der Waals surface area contributed by atoms with E-state index in [1.54, 1.807) is 0 Å². The quantitative estimate of drug-likeness (QED) is 0.772. The molecule has 1 fully saturated rings. The fourth-order valence-electron chi connectivity index (χ4n) is 2.62. The molecule has 0 heterocycles. The van der Waals surface area contributed by atoms with E-state index in [1.807, 2.05) is 0 Å². The number of hydrogen-bond acceptors (Lipinski definition) is 2. The molecule has 100 valence electrons. The molecule has 0 radical (unpaired) electrons. The Morgan fingerprint density at radius 3 is 2.72 bits per heavy atom. The number of anilines is 1. The van der Waals surface area contributed by atoms with Crippen molar-refractivity contribution in [3.63, 3.8) is 0 Å². The van der Waals surface area contributed by atoms with Gasteiger partial charge in [-0.3, -0.25) is 0 Å². The zero-order chi connectivity index (χ0) is 12.8. The standard InChI is InChI=1S/C16H25NS/c1-13-6-8-15(9-7-13)17-10-11-18-16-5-3-4-14(2)12-16/h6-9,14,16-17H,3-5,10-12H2,1-2H3. The summed E-state index contributed by atoms with van der Waals surface area (Å²) in [5.74, 6) is 2.17. The van der Waals surface area contributed by atoms with Gasteiger partial charge in [-0.15, -0.1) is 0 Å². The van der Waals surface area contributed by atoms with E-state index in [2.05, 4.69) is 55.2 Å². The molecule has 0 aromatic heterocycles. The van der Waals surface area contributed by atoms with E-state index in [0.717, 1.165) is 17.7 Å². The summed E-state index contributed by atoms with van der Waals surface area (Å²) in [5, 5.41) is 4.41. The SMILES string of the molecule is Cc1ccc(NCCSC2CCCC(C)C2)cc1. The van der Waals surface area contributed by atoms with E-state index in [1.165, 1.54) is 42.7 Å². The first kappa shape index (κ1) is 13.8. The Kier molecular flexibility index (Phi) is 5.43. The highest BCUT2D eigenvalue weighted by Gasteiger charge is 2.18. The molecule has 0 amide bonds. The van der Waals surface area contributed by atoms with Crippen LogP contribution in [0.25, 0.3) is 0 Å². The molecule has 0 spiro atoms. The van der Waals surface area contributed by atoms with E-state index in [9.17, 15) is 0 Å². The molecule has 2 atom stereocenters. The van der Waals surface area contributed by atoms with Crippen LogP contribution < -0.4 is 5.32 Å². The molecular weight excluding hydrogens is 238 g/mol. The van der Waals surface area contributed by atoms with Crippen molar-refractivity contribution in [2.75, 3.05) is 17.6 Å². The van der Waals surface area contributed by atoms with Gasteiger partial charge in [-0.1, -0.05) is 37.5 Å². The van der Waals surface area contributed by atoms with Crippen molar-refractivity contribution in [2.24, 2.45) is 5.92 Å². The molecule has 1 aromatic rings. The maximum absolute atomic E-state index is 3.50. The first-order valence-corrected chi connectivity index (χ1v) is 8.21. The molecule has 1 nitrogen and oxygen atoms in total. The van der Waals surface area contributed by atoms with Gasteiger partial charge in [-0.25, -0.2) is 0 Å². The van der Waals surface area contributed by atoms with Crippen LogP contribution in [-0.4, -0.2) is 17.5 Å². The molecule has 1 aliphatic rings. The van der Waals surface area contributed by atoms with Gasteiger partial charge >= 0.3 is 0 Å². The molecule has 0 bridgehead atoms. The molecule has 0 aliphatic heterocycles. The number of rotatable bonds is 5. The molecule has 1 aliphatic carbocycles. The lowest BCUT2D eigenvalue weighted by Crippen LogP contribution is -2.17. The first-order valence-electron chi connectivity index (χ1n) is 7.16. The average molecular weight is 263 g/mol. The van der Waals surface area contributed by atoms with Crippen LogP contribution in [-0.2, 0) is 0 Å². The van der Waals surface area contributed by atoms with Crippen LogP contribution in [0.3, 0.4) is 0 Å². The topological polar surface area (TPSA) is 12.0 Å². The Labute approximate surface area is 116 Å². The van der Waals surface area contributed by atoms with Crippen molar-refractivity contribution >= 4 is 17.4 Å². The number of nitrogens with one attached hydrogen (secondary N) is 1. The number of thioether (sulfide) groups is 1. The van der Waals surface area contributed by atoms with Gasteiger partial charge in [0, 0.05) is 23.2 Å². The fraction of sp³-hybridized carbons (Fsp3) is 0.625. The van der Waals surface area contributed by atoms with Gasteiger partial charge in [0.25, 0.3) is 0 Å². The summed E-state index contributed by atoms with van der Waals surface area (Å²) in [7, 11) is 0. The highest BCUT2D eigenvalue weighted by atomic mass is 32.2. The van der Waals surface area contributed by atoms with Crippen LogP contribution in [0.4, 0.5) is 5.69 Å². The van der Waals surface area contributed by atoms with E-state index < -0.39 is 0 Å². The summed E-state index contributed by atoms with van der Waals surface area (Å²) < 4.78 is 0. The summed E-state index contributed by atoms with van der Waals surface area (Å²) >= 11 is 2.16. The molecule has 0 saturated heterocycles. The maximum Gasteiger partial charge on any atom is 0.0340 e. The zero-order valence-corrected chi connectivity index (χ0v) is 12.4. The third-order valence-electron chi connectivity index (χ3n) is 3.72. The predicted molar refractivity (Wildman–Crippen MR) is 83.5 cm³/mol. The number of hydrogen-bond donors (Lipinski definition) is 1. The van der Waals surface area contributed by atoms with Crippen molar-refractivity contribution in [1.82, 2.24) is 0 Å². The second-order valence-corrected chi connectivity index (χ2v) is 6.97. The van der Waals surface area contributed by atoms with Gasteiger partial charge in [0.1, 0.15) is 0 Å². The van der Waals surface area contributed by atoms with E-state index in [0.29, 0.717) is 0 Å². The van der Waals surface area contributed by atoms with Crippen molar-refractivity contribution < 1.29 is 0 Å². The van der Waals surface area contributed by atoms with E-state index in [4.69, 9.17) is 0 Å². The Morgan fingerprint density at radius 1 is 1.22 bits per heavy atom. The third kappa shape index (κ3) is 4.56. The molecule has 1 N–H and O–H groups in total. The predicted octanol–water partition coefficient (Wildman–Crippen LogP) is 4.72. The molecular formula is C16H25NS. The minimum Gasteiger partial charge on any atom is -0.384 e. The highest BCUT2D eigenvalue weighted by molar-refractivity contribution is 7.99. The molecule has 1 saturated carbocycles. The Bertz CT molecular complexity index is 347. The molecule has 2 rings (SSSR count). The van der Waals surface area contributed by atoms with Crippen LogP contribution in [0.1, 0.15) is 38.2 Å². The molecule has 2 unspecified atom stereocenters. The first-order chi connectivity index (χ1) is 8.74. The van der Waals surface area contributed by atoms with Gasteiger partial charge in [0.2, 0.25) is 0 Å². The molecule has 18 heavy (non-hydrogen) atoms. The smallest absolute Gasteiger partial charge is 0.0340 e. The Balaban J connectivity index is 1.62. The van der Waals surface area contributed by atoms with Crippen LogP contribution in [0, 0.1) is 12.8 Å². The monoisotopic (exact) mass is 263 g/mol. The van der Waals surface area contributed by atoms with Crippen LogP contribution in [0.5, 0.6) is 0 Å². The van der Waals surface area contributed by atoms with E-state index >= 15 is 0 Å². The Morgan fingerprint density at radius 2 is 2.00 bits per heavy atom. The van der Waals surface area contributed by atoms with Gasteiger partial charge in [0.15, 0.2) is 0 Å². The van der Waals surface area contributed by atoms with Gasteiger partial charge in [0.05, 0.1) is 0 Å². The van der Waals surface area contributed by atoms with E-state index in [-0.39, 0.29) is 0 Å². The summed E-state index contributed by atoms with van der Waals surface area (Å²) in [4.78, 5) is 0. The maximum atomic E-state index is 3.50. The van der Waals surface area contributed by atoms with Crippen LogP contribution in [0.15, 0.2) is 24.3 Å². The third-order valence-corrected chi connectivity index (χ3v) is 5.06. The number of benzene rings is 1. The lowest BCUT2D eigenvalue weighted by Gasteiger charge is -2.26. The minimum atomic E-state index is 0.911. The number of aryl methyl sites for hydroxylation is 1. The van der Waals surface area contributed by atoms with Crippen LogP contribution in [0.2, 0.25) is 0 Å². The van der Waals surface area contributed by atoms with Crippen LogP contribution >= 0.6 is 11.8 Å². The lowest BCUT2D eigenvalue weighted by atomic mass is 9.91. The average Bonchev–Trinajstić information content (AvgIpc) is 2.37. The largest absolute Gasteiger partial charge is 0.384 e. The lowest BCUT2D eigenvalue weighted by molar-refractivity contribution is 0.394. The normalized spacial score (nSPS) is 23.9. The summed E-state index contributed by atoms with van der Waals surface area (Å²) in [6.07, 6.45) is 5.73. The summed E-state index contributed by atoms with van der Waals surface area (Å²) in [5.41, 5.74) is 2.57. The van der Waals surface area contributed by atoms with Crippen molar-refractivity contribution in [3.05, 3.63) is 29.8 Å². The van der Waals surface area contributed by atoms with Gasteiger partial charge in [-0.2, -0.15) is 11.8 Å². The summed E-state index contributed by atoms with van der Waals surface area (Å²) in [6.45, 7) is 5.61. The minimum absolute atomic E-state index is 0.911. The fourth-order valence-corrected chi connectivity index (χ4v) is 3.97. The molecule has 2 heteroatoms. The van der Waals surface area contributed by atoms with Crippen molar-refractivity contribution in [2.45, 2.75) is 44.8 Å². The Hall–Kier alpha value is -0.630. The van der Waals surface area contributed by atoms with Crippen molar-refractivity contribution in [3.8, 4) is 0 Å². The van der Waals surface area contributed by atoms with Crippen molar-refractivity contribution in [1.29, 1.82) is 0 Å². The zero-order valence-electron chi connectivity index (χ0n) is 11.6. The highest BCUT2D eigenvalue weighted by Crippen LogP contribution is 2.31. The second kappa shape index (κ2) is 7.08. The van der Waals surface area contributed by atoms with Gasteiger partial charge in [-0.05, 0) is 37.8 Å².